The molecule has 7 heteroatoms. The smallest absolute Gasteiger partial charge is 0.270 e. The van der Waals surface area contributed by atoms with Crippen molar-refractivity contribution in [1.82, 2.24) is 24.8 Å². The molecule has 36 heavy (non-hydrogen) atoms. The number of rotatable bonds is 7. The average molecular weight is 488 g/mol. The molecule has 2 aromatic heterocycles. The van der Waals surface area contributed by atoms with Gasteiger partial charge < -0.3 is 14.8 Å². The Hall–Kier alpha value is -3.22. The lowest BCUT2D eigenvalue weighted by molar-refractivity contribution is -0.138. The molecule has 1 unspecified atom stereocenters. The molecule has 2 saturated carbocycles. The second kappa shape index (κ2) is 11.2. The summed E-state index contributed by atoms with van der Waals surface area (Å²) in [6.45, 7) is 2.16. The number of benzene rings is 1. The Kier molecular flexibility index (Phi) is 7.63. The lowest BCUT2D eigenvalue weighted by atomic mass is 9.88. The molecule has 0 bridgehead atoms. The molecule has 7 nitrogen and oxygen atoms in total. The van der Waals surface area contributed by atoms with Crippen molar-refractivity contribution in [2.24, 2.45) is 0 Å². The Morgan fingerprint density at radius 1 is 0.944 bits per heavy atom. The maximum Gasteiger partial charge on any atom is 0.270 e. The number of hydrogen-bond donors (Lipinski definition) is 1. The fraction of sp³-hybridized carbons (Fsp3) is 0.517. The normalized spacial score (nSPS) is 18.1. The SMILES string of the molecule is CC(NC(=O)c1ccccn1)c1nc2ccccc2n1CC(=O)N(C1CCCCC1)C1CCCCC1. The van der Waals surface area contributed by atoms with E-state index in [1.807, 2.05) is 35.8 Å². The van der Waals surface area contributed by atoms with Crippen LogP contribution < -0.4 is 5.32 Å². The summed E-state index contributed by atoms with van der Waals surface area (Å²) in [7, 11) is 0. The third-order valence-corrected chi connectivity index (χ3v) is 7.83. The quantitative estimate of drug-likeness (QED) is 0.483. The first-order valence-electron chi connectivity index (χ1n) is 13.6. The summed E-state index contributed by atoms with van der Waals surface area (Å²) in [6, 6.07) is 13.5. The molecule has 5 rings (SSSR count). The Morgan fingerprint density at radius 3 is 2.22 bits per heavy atom. The van der Waals surface area contributed by atoms with Gasteiger partial charge in [0.05, 0.1) is 17.1 Å². The van der Waals surface area contributed by atoms with Crippen LogP contribution in [-0.2, 0) is 11.3 Å². The molecular formula is C29H37N5O2. The molecule has 1 aromatic carbocycles. The Balaban J connectivity index is 1.43. The Labute approximate surface area is 213 Å². The number of nitrogens with one attached hydrogen (secondary N) is 1. The third kappa shape index (κ3) is 5.30. The van der Waals surface area contributed by atoms with Gasteiger partial charge in [-0.1, -0.05) is 56.7 Å². The van der Waals surface area contributed by atoms with Gasteiger partial charge in [-0.3, -0.25) is 14.6 Å². The predicted octanol–water partition coefficient (Wildman–Crippen LogP) is 5.42. The highest BCUT2D eigenvalue weighted by Crippen LogP contribution is 2.31. The number of hydrogen-bond acceptors (Lipinski definition) is 4. The third-order valence-electron chi connectivity index (χ3n) is 7.83. The monoisotopic (exact) mass is 487 g/mol. The van der Waals surface area contributed by atoms with Gasteiger partial charge in [0.1, 0.15) is 18.1 Å². The van der Waals surface area contributed by atoms with Crippen molar-refractivity contribution < 1.29 is 9.59 Å². The standard InChI is InChI=1S/C29H37N5O2/c1-21(31-29(36)25-17-10-11-19-30-25)28-32-24-16-8-9-18-26(24)33(28)20-27(35)34(22-12-4-2-5-13-22)23-14-6-3-7-15-23/h8-11,16-19,21-23H,2-7,12-15,20H2,1H3,(H,31,36). The minimum absolute atomic E-state index is 0.182. The van der Waals surface area contributed by atoms with Gasteiger partial charge in [-0.15, -0.1) is 0 Å². The van der Waals surface area contributed by atoms with Crippen LogP contribution in [0.2, 0.25) is 0 Å². The highest BCUT2D eigenvalue weighted by Gasteiger charge is 2.33. The second-order valence-electron chi connectivity index (χ2n) is 10.3. The van der Waals surface area contributed by atoms with Crippen molar-refractivity contribution in [2.75, 3.05) is 0 Å². The van der Waals surface area contributed by atoms with E-state index < -0.39 is 0 Å². The molecule has 0 saturated heterocycles. The van der Waals surface area contributed by atoms with Crippen molar-refractivity contribution in [3.8, 4) is 0 Å². The summed E-state index contributed by atoms with van der Waals surface area (Å²) in [6.07, 6.45) is 13.4. The predicted molar refractivity (Wildman–Crippen MR) is 140 cm³/mol. The molecule has 0 radical (unpaired) electrons. The molecule has 190 valence electrons. The van der Waals surface area contributed by atoms with Crippen molar-refractivity contribution in [2.45, 2.75) is 95.8 Å². The summed E-state index contributed by atoms with van der Waals surface area (Å²) in [5.74, 6) is 0.626. The number of amides is 2. The van der Waals surface area contributed by atoms with Crippen molar-refractivity contribution in [1.29, 1.82) is 0 Å². The van der Waals surface area contributed by atoms with Gasteiger partial charge in [-0.2, -0.15) is 0 Å². The van der Waals surface area contributed by atoms with Crippen LogP contribution in [0, 0.1) is 0 Å². The fourth-order valence-electron chi connectivity index (χ4n) is 6.06. The van der Waals surface area contributed by atoms with Crippen LogP contribution in [0.25, 0.3) is 11.0 Å². The van der Waals surface area contributed by atoms with Gasteiger partial charge in [0, 0.05) is 18.3 Å². The van der Waals surface area contributed by atoms with E-state index >= 15 is 0 Å². The zero-order chi connectivity index (χ0) is 24.9. The number of imidazole rings is 1. The minimum atomic E-state index is -0.377. The van der Waals surface area contributed by atoms with Gasteiger partial charge in [0.15, 0.2) is 0 Å². The molecule has 2 aliphatic carbocycles. The van der Waals surface area contributed by atoms with Gasteiger partial charge in [-0.25, -0.2) is 4.98 Å². The molecule has 2 aliphatic rings. The first kappa shape index (κ1) is 24.5. The number of aromatic nitrogens is 3. The van der Waals surface area contributed by atoms with Crippen LogP contribution >= 0.6 is 0 Å². The molecule has 1 atom stereocenters. The largest absolute Gasteiger partial charge is 0.341 e. The topological polar surface area (TPSA) is 80.1 Å². The van der Waals surface area contributed by atoms with E-state index in [1.165, 1.54) is 38.5 Å². The Morgan fingerprint density at radius 2 is 1.58 bits per heavy atom. The van der Waals surface area contributed by atoms with Crippen LogP contribution in [0.3, 0.4) is 0 Å². The van der Waals surface area contributed by atoms with Crippen LogP contribution in [0.4, 0.5) is 0 Å². The van der Waals surface area contributed by atoms with E-state index in [0.29, 0.717) is 23.6 Å². The maximum absolute atomic E-state index is 14.1. The van der Waals surface area contributed by atoms with Crippen molar-refractivity contribution in [3.05, 3.63) is 60.2 Å². The summed E-state index contributed by atoms with van der Waals surface area (Å²) in [4.78, 5) is 38.1. The lowest BCUT2D eigenvalue weighted by Crippen LogP contribution is -2.50. The zero-order valence-electron chi connectivity index (χ0n) is 21.2. The van der Waals surface area contributed by atoms with Gasteiger partial charge in [0.2, 0.25) is 5.91 Å². The van der Waals surface area contributed by atoms with Gasteiger partial charge in [0.25, 0.3) is 5.91 Å². The summed E-state index contributed by atoms with van der Waals surface area (Å²) in [5, 5.41) is 3.03. The second-order valence-corrected chi connectivity index (χ2v) is 10.3. The van der Waals surface area contributed by atoms with Crippen LogP contribution in [0.1, 0.15) is 93.5 Å². The zero-order valence-corrected chi connectivity index (χ0v) is 21.2. The summed E-state index contributed by atoms with van der Waals surface area (Å²) >= 11 is 0. The van der Waals surface area contributed by atoms with Gasteiger partial charge in [-0.05, 0) is 56.9 Å². The molecule has 3 aromatic rings. The molecule has 2 fully saturated rings. The summed E-state index contributed by atoms with van der Waals surface area (Å²) < 4.78 is 2.01. The van der Waals surface area contributed by atoms with Crippen molar-refractivity contribution >= 4 is 22.8 Å². The van der Waals surface area contributed by atoms with Gasteiger partial charge >= 0.3 is 0 Å². The van der Waals surface area contributed by atoms with E-state index in [1.54, 1.807) is 24.4 Å². The van der Waals surface area contributed by atoms with E-state index in [9.17, 15) is 9.59 Å². The van der Waals surface area contributed by atoms with Crippen LogP contribution in [0.5, 0.6) is 0 Å². The molecule has 2 heterocycles. The Bertz CT molecular complexity index is 1160. The molecule has 2 amide bonds. The van der Waals surface area contributed by atoms with Crippen molar-refractivity contribution in [3.63, 3.8) is 0 Å². The van der Waals surface area contributed by atoms with E-state index in [0.717, 1.165) is 36.7 Å². The molecule has 0 spiro atoms. The number of para-hydroxylation sites is 2. The molecule has 0 aliphatic heterocycles. The first-order valence-corrected chi connectivity index (χ1v) is 13.6. The van der Waals surface area contributed by atoms with Crippen LogP contribution in [-0.4, -0.2) is 43.3 Å². The number of nitrogens with zero attached hydrogens (tertiary/aromatic N) is 4. The highest BCUT2D eigenvalue weighted by molar-refractivity contribution is 5.92. The lowest BCUT2D eigenvalue weighted by Gasteiger charge is -2.42. The average Bonchev–Trinajstić information content (AvgIpc) is 3.29. The summed E-state index contributed by atoms with van der Waals surface area (Å²) in [5.41, 5.74) is 2.12. The van der Waals surface area contributed by atoms with Crippen LogP contribution in [0.15, 0.2) is 48.7 Å². The van der Waals surface area contributed by atoms with E-state index in [2.05, 4.69) is 15.2 Å². The fourth-order valence-corrected chi connectivity index (χ4v) is 6.06. The number of carbonyl (C=O) groups is 2. The number of fused-ring (bicyclic) bond motifs is 1. The molecular weight excluding hydrogens is 450 g/mol. The minimum Gasteiger partial charge on any atom is -0.341 e. The molecule has 1 N–H and O–H groups in total. The number of carbonyl (C=O) groups excluding carboxylic acids is 2. The maximum atomic E-state index is 14.1. The first-order chi connectivity index (χ1) is 17.6. The number of pyridine rings is 1. The highest BCUT2D eigenvalue weighted by atomic mass is 16.2. The van der Waals surface area contributed by atoms with E-state index in [-0.39, 0.29) is 24.4 Å². The van der Waals surface area contributed by atoms with E-state index in [4.69, 9.17) is 4.98 Å².